The van der Waals surface area contributed by atoms with E-state index in [1.807, 2.05) is 0 Å². The molecule has 1 unspecified atom stereocenters. The van der Waals surface area contributed by atoms with E-state index in [1.165, 1.54) is 0 Å². The van der Waals surface area contributed by atoms with Crippen molar-refractivity contribution in [2.45, 2.75) is 6.42 Å². The van der Waals surface area contributed by atoms with Crippen molar-refractivity contribution in [3.05, 3.63) is 0 Å². The summed E-state index contributed by atoms with van der Waals surface area (Å²) in [6, 6.07) is 0. The molecule has 1 heterocycles. The second-order valence-corrected chi connectivity index (χ2v) is 5.60. The summed E-state index contributed by atoms with van der Waals surface area (Å²) in [5, 5.41) is 8.88. The molecule has 0 spiro atoms. The van der Waals surface area contributed by atoms with Gasteiger partial charge >= 0.3 is 5.97 Å². The van der Waals surface area contributed by atoms with Crippen LogP contribution in [0, 0.1) is 5.41 Å². The Morgan fingerprint density at radius 1 is 1.62 bits per heavy atom. The fourth-order valence-electron chi connectivity index (χ4n) is 1.45. The number of carboxylic acids is 1. The van der Waals surface area contributed by atoms with Gasteiger partial charge in [-0.2, -0.15) is 0 Å². The number of ether oxygens (including phenoxy) is 1. The summed E-state index contributed by atoms with van der Waals surface area (Å²) in [4.78, 5) is 10.9. The van der Waals surface area contributed by atoms with Gasteiger partial charge in [0.25, 0.3) is 0 Å². The van der Waals surface area contributed by atoms with Gasteiger partial charge in [0.1, 0.15) is 15.3 Å². The van der Waals surface area contributed by atoms with Crippen molar-refractivity contribution in [3.63, 3.8) is 0 Å². The van der Waals surface area contributed by atoms with E-state index >= 15 is 0 Å². The Hall–Kier alpha value is -0.620. The van der Waals surface area contributed by atoms with Crippen LogP contribution in [-0.4, -0.2) is 44.7 Å². The standard InChI is InChI=1S/C7H12O5S/c1-13(10,11)5-7(6(8)9)2-3-12-4-7/h2-5H2,1H3,(H,8,9). The molecule has 1 atom stereocenters. The number of rotatable bonds is 3. The van der Waals surface area contributed by atoms with Gasteiger partial charge in [0.2, 0.25) is 0 Å². The van der Waals surface area contributed by atoms with E-state index in [4.69, 9.17) is 9.84 Å². The Morgan fingerprint density at radius 2 is 2.23 bits per heavy atom. The third-order valence-corrected chi connectivity index (χ3v) is 3.17. The SMILES string of the molecule is CS(=O)(=O)CC1(C(=O)O)CCOC1. The van der Waals surface area contributed by atoms with Crippen molar-refractivity contribution in [2.75, 3.05) is 25.2 Å². The quantitative estimate of drug-likeness (QED) is 0.677. The van der Waals surface area contributed by atoms with Crippen LogP contribution in [0.5, 0.6) is 0 Å². The first-order chi connectivity index (χ1) is 5.86. The molecule has 76 valence electrons. The molecule has 13 heavy (non-hydrogen) atoms. The Bertz CT molecular complexity index is 299. The first-order valence-corrected chi connectivity index (χ1v) is 5.91. The molecule has 0 aliphatic carbocycles. The lowest BCUT2D eigenvalue weighted by molar-refractivity contribution is -0.147. The van der Waals surface area contributed by atoms with E-state index in [9.17, 15) is 13.2 Å². The second kappa shape index (κ2) is 3.26. The van der Waals surface area contributed by atoms with Crippen LogP contribution in [0.4, 0.5) is 0 Å². The van der Waals surface area contributed by atoms with Crippen LogP contribution in [0.25, 0.3) is 0 Å². The smallest absolute Gasteiger partial charge is 0.313 e. The Morgan fingerprint density at radius 3 is 2.54 bits per heavy atom. The molecule has 0 bridgehead atoms. The highest BCUT2D eigenvalue weighted by molar-refractivity contribution is 7.90. The third-order valence-electron chi connectivity index (χ3n) is 2.10. The highest BCUT2D eigenvalue weighted by Gasteiger charge is 2.45. The van der Waals surface area contributed by atoms with Crippen molar-refractivity contribution < 1.29 is 23.1 Å². The number of sulfone groups is 1. The minimum Gasteiger partial charge on any atom is -0.481 e. The lowest BCUT2D eigenvalue weighted by Gasteiger charge is -2.20. The molecule has 0 aromatic carbocycles. The summed E-state index contributed by atoms with van der Waals surface area (Å²) in [5.41, 5.74) is -1.21. The number of carbonyl (C=O) groups is 1. The average molecular weight is 208 g/mol. The minimum absolute atomic E-state index is 0.00456. The predicted molar refractivity (Wildman–Crippen MR) is 45.2 cm³/mol. The van der Waals surface area contributed by atoms with Gasteiger partial charge in [-0.15, -0.1) is 0 Å². The fourth-order valence-corrected chi connectivity index (χ4v) is 2.81. The molecule has 0 aromatic heterocycles. The van der Waals surface area contributed by atoms with Gasteiger partial charge in [-0.3, -0.25) is 4.79 Å². The lowest BCUT2D eigenvalue weighted by Crippen LogP contribution is -2.38. The lowest BCUT2D eigenvalue weighted by atomic mass is 9.90. The molecule has 1 aliphatic heterocycles. The van der Waals surface area contributed by atoms with Crippen molar-refractivity contribution in [2.24, 2.45) is 5.41 Å². The van der Waals surface area contributed by atoms with E-state index in [-0.39, 0.29) is 18.8 Å². The van der Waals surface area contributed by atoms with E-state index < -0.39 is 21.2 Å². The van der Waals surface area contributed by atoms with Gasteiger partial charge in [-0.1, -0.05) is 0 Å². The molecule has 1 fully saturated rings. The summed E-state index contributed by atoms with van der Waals surface area (Å²) in [5.74, 6) is -1.43. The van der Waals surface area contributed by atoms with E-state index in [1.54, 1.807) is 0 Å². The minimum atomic E-state index is -3.27. The molecule has 1 N–H and O–H groups in total. The molecule has 1 aliphatic rings. The number of hydrogen-bond acceptors (Lipinski definition) is 4. The van der Waals surface area contributed by atoms with Crippen molar-refractivity contribution in [1.29, 1.82) is 0 Å². The van der Waals surface area contributed by atoms with E-state index in [2.05, 4.69) is 0 Å². The molecular formula is C7H12O5S. The Kier molecular flexibility index (Phi) is 2.63. The van der Waals surface area contributed by atoms with Crippen molar-refractivity contribution in [3.8, 4) is 0 Å². The third kappa shape index (κ3) is 2.41. The topological polar surface area (TPSA) is 80.7 Å². The van der Waals surface area contributed by atoms with Gasteiger partial charge < -0.3 is 9.84 Å². The molecule has 0 aromatic rings. The van der Waals surface area contributed by atoms with Gasteiger partial charge in [0.15, 0.2) is 0 Å². The van der Waals surface area contributed by atoms with Crippen LogP contribution >= 0.6 is 0 Å². The number of carboxylic acid groups (broad SMARTS) is 1. The van der Waals surface area contributed by atoms with Gasteiger partial charge in [0.05, 0.1) is 12.4 Å². The zero-order valence-electron chi connectivity index (χ0n) is 7.32. The second-order valence-electron chi connectivity index (χ2n) is 3.46. The summed E-state index contributed by atoms with van der Waals surface area (Å²) in [6.07, 6.45) is 1.31. The van der Waals surface area contributed by atoms with Crippen LogP contribution < -0.4 is 0 Å². The summed E-state index contributed by atoms with van der Waals surface area (Å²) >= 11 is 0. The Labute approximate surface area is 76.6 Å². The molecule has 1 saturated heterocycles. The maximum Gasteiger partial charge on any atom is 0.313 e. The number of aliphatic carboxylic acids is 1. The molecule has 5 nitrogen and oxygen atoms in total. The van der Waals surface area contributed by atoms with Gasteiger partial charge in [-0.25, -0.2) is 8.42 Å². The zero-order valence-corrected chi connectivity index (χ0v) is 8.13. The molecule has 1 rings (SSSR count). The monoisotopic (exact) mass is 208 g/mol. The maximum absolute atomic E-state index is 11.0. The van der Waals surface area contributed by atoms with Crippen LogP contribution in [0.15, 0.2) is 0 Å². The highest BCUT2D eigenvalue weighted by Crippen LogP contribution is 2.30. The highest BCUT2D eigenvalue weighted by atomic mass is 32.2. The predicted octanol–water partition coefficient (Wildman–Crippen LogP) is -0.478. The van der Waals surface area contributed by atoms with Crippen LogP contribution in [0.3, 0.4) is 0 Å². The summed E-state index contributed by atoms with van der Waals surface area (Å²) < 4.78 is 26.9. The van der Waals surface area contributed by atoms with E-state index in [0.717, 1.165) is 6.26 Å². The van der Waals surface area contributed by atoms with Crippen molar-refractivity contribution in [1.82, 2.24) is 0 Å². The maximum atomic E-state index is 11.0. The van der Waals surface area contributed by atoms with Crippen LogP contribution in [0.2, 0.25) is 0 Å². The molecule has 0 amide bonds. The average Bonchev–Trinajstić information content (AvgIpc) is 2.33. The molecule has 0 radical (unpaired) electrons. The fraction of sp³-hybridized carbons (Fsp3) is 0.857. The Balaban J connectivity index is 2.86. The first kappa shape index (κ1) is 10.5. The van der Waals surface area contributed by atoms with Crippen LogP contribution in [0.1, 0.15) is 6.42 Å². The molecule has 6 heteroatoms. The normalized spacial score (nSPS) is 29.0. The summed E-state index contributed by atoms with van der Waals surface area (Å²) in [7, 11) is -3.27. The largest absolute Gasteiger partial charge is 0.481 e. The van der Waals surface area contributed by atoms with E-state index in [0.29, 0.717) is 6.61 Å². The van der Waals surface area contributed by atoms with Crippen molar-refractivity contribution >= 4 is 15.8 Å². The van der Waals surface area contributed by atoms with Crippen LogP contribution in [-0.2, 0) is 19.4 Å². The zero-order chi connectivity index (χ0) is 10.1. The van der Waals surface area contributed by atoms with Gasteiger partial charge in [-0.05, 0) is 6.42 Å². The first-order valence-electron chi connectivity index (χ1n) is 3.85. The number of hydrogen-bond donors (Lipinski definition) is 1. The van der Waals surface area contributed by atoms with Gasteiger partial charge in [0, 0.05) is 12.9 Å². The molecular weight excluding hydrogens is 196 g/mol. The summed E-state index contributed by atoms with van der Waals surface area (Å²) in [6.45, 7) is 0.317. The molecule has 0 saturated carbocycles.